The molecule has 0 spiro atoms. The van der Waals surface area contributed by atoms with Crippen molar-refractivity contribution >= 4 is 17.3 Å². The quantitative estimate of drug-likeness (QED) is 0.631. The van der Waals surface area contributed by atoms with Crippen molar-refractivity contribution in [2.45, 2.75) is 32.9 Å². The van der Waals surface area contributed by atoms with Gasteiger partial charge in [-0.25, -0.2) is 0 Å². The van der Waals surface area contributed by atoms with Gasteiger partial charge in [0.1, 0.15) is 6.33 Å². The average Bonchev–Trinajstić information content (AvgIpc) is 3.18. The molecule has 0 fully saturated rings. The van der Waals surface area contributed by atoms with Gasteiger partial charge in [0.2, 0.25) is 0 Å². The van der Waals surface area contributed by atoms with Crippen LogP contribution in [0.1, 0.15) is 30.5 Å². The minimum Gasteiger partial charge on any atom is -0.356 e. The minimum absolute atomic E-state index is 0.461. The molecule has 0 amide bonds. The number of rotatable bonds is 6. The van der Waals surface area contributed by atoms with Crippen LogP contribution in [-0.4, -0.2) is 34.3 Å². The minimum atomic E-state index is 0.461. The first kappa shape index (κ1) is 15.5. The van der Waals surface area contributed by atoms with E-state index < -0.39 is 0 Å². The number of nitrogens with one attached hydrogen (secondary N) is 2. The number of guanidine groups is 1. The van der Waals surface area contributed by atoms with E-state index in [0.29, 0.717) is 12.5 Å². The molecule has 114 valence electrons. The number of aromatic nitrogens is 3. The Labute approximate surface area is 129 Å². The van der Waals surface area contributed by atoms with E-state index in [2.05, 4.69) is 57.2 Å². The standard InChI is InChI=1S/C14H22N6S/c1-4-20-10-18-19-13(20)9-17-14(15-3)16-8-11(2)12-6-5-7-21-12/h5-7,10-11H,4,8-9H2,1-3H3,(H2,15,16,17). The van der Waals surface area contributed by atoms with Crippen molar-refractivity contribution in [2.24, 2.45) is 4.99 Å². The highest BCUT2D eigenvalue weighted by molar-refractivity contribution is 7.10. The summed E-state index contributed by atoms with van der Waals surface area (Å²) in [7, 11) is 1.77. The monoisotopic (exact) mass is 306 g/mol. The summed E-state index contributed by atoms with van der Waals surface area (Å²) in [6, 6.07) is 4.25. The summed E-state index contributed by atoms with van der Waals surface area (Å²) in [4.78, 5) is 5.62. The predicted molar refractivity (Wildman–Crippen MR) is 86.6 cm³/mol. The number of hydrogen-bond acceptors (Lipinski definition) is 4. The Bertz CT molecular complexity index is 560. The van der Waals surface area contributed by atoms with E-state index in [1.165, 1.54) is 4.88 Å². The van der Waals surface area contributed by atoms with E-state index in [9.17, 15) is 0 Å². The molecule has 2 aromatic rings. The maximum atomic E-state index is 4.24. The lowest BCUT2D eigenvalue weighted by atomic mass is 10.1. The first-order valence-corrected chi connectivity index (χ1v) is 7.97. The molecule has 0 aliphatic carbocycles. The van der Waals surface area contributed by atoms with E-state index in [-0.39, 0.29) is 0 Å². The van der Waals surface area contributed by atoms with Crippen molar-refractivity contribution in [3.05, 3.63) is 34.5 Å². The van der Waals surface area contributed by atoms with Gasteiger partial charge in [0, 0.05) is 30.9 Å². The zero-order valence-corrected chi connectivity index (χ0v) is 13.5. The maximum Gasteiger partial charge on any atom is 0.191 e. The van der Waals surface area contributed by atoms with Gasteiger partial charge < -0.3 is 15.2 Å². The smallest absolute Gasteiger partial charge is 0.191 e. The van der Waals surface area contributed by atoms with Crippen LogP contribution in [0, 0.1) is 0 Å². The highest BCUT2D eigenvalue weighted by Crippen LogP contribution is 2.19. The van der Waals surface area contributed by atoms with Gasteiger partial charge in [-0.2, -0.15) is 0 Å². The molecule has 0 saturated heterocycles. The fourth-order valence-corrected chi connectivity index (χ4v) is 2.77. The van der Waals surface area contributed by atoms with E-state index >= 15 is 0 Å². The molecular formula is C14H22N6S. The molecule has 21 heavy (non-hydrogen) atoms. The molecule has 6 nitrogen and oxygen atoms in total. The Hall–Kier alpha value is -1.89. The number of hydrogen-bond donors (Lipinski definition) is 2. The number of nitrogens with zero attached hydrogens (tertiary/aromatic N) is 4. The molecule has 0 aliphatic heterocycles. The Balaban J connectivity index is 1.81. The van der Waals surface area contributed by atoms with E-state index in [0.717, 1.165) is 24.9 Å². The summed E-state index contributed by atoms with van der Waals surface area (Å²) in [6.45, 7) is 6.61. The third kappa shape index (κ3) is 4.29. The summed E-state index contributed by atoms with van der Waals surface area (Å²) in [6.07, 6.45) is 1.74. The van der Waals surface area contributed by atoms with Crippen LogP contribution in [0.2, 0.25) is 0 Å². The van der Waals surface area contributed by atoms with Gasteiger partial charge in [-0.3, -0.25) is 4.99 Å². The molecule has 2 rings (SSSR count). The van der Waals surface area contributed by atoms with Crippen molar-refractivity contribution in [3.63, 3.8) is 0 Å². The first-order chi connectivity index (χ1) is 10.2. The maximum absolute atomic E-state index is 4.24. The van der Waals surface area contributed by atoms with Crippen LogP contribution >= 0.6 is 11.3 Å². The second-order valence-electron chi connectivity index (χ2n) is 4.76. The van der Waals surface area contributed by atoms with E-state index in [4.69, 9.17) is 0 Å². The van der Waals surface area contributed by atoms with Gasteiger partial charge in [-0.15, -0.1) is 21.5 Å². The van der Waals surface area contributed by atoms with Crippen molar-refractivity contribution in [2.75, 3.05) is 13.6 Å². The number of aryl methyl sites for hydroxylation is 1. The molecule has 2 heterocycles. The molecule has 1 unspecified atom stereocenters. The molecule has 0 bridgehead atoms. The summed E-state index contributed by atoms with van der Waals surface area (Å²) in [5.41, 5.74) is 0. The van der Waals surface area contributed by atoms with Crippen LogP contribution < -0.4 is 10.6 Å². The predicted octanol–water partition coefficient (Wildman–Crippen LogP) is 1.83. The van der Waals surface area contributed by atoms with Gasteiger partial charge in [-0.05, 0) is 18.4 Å². The Morgan fingerprint density at radius 3 is 3.00 bits per heavy atom. The normalized spacial score (nSPS) is 13.2. The van der Waals surface area contributed by atoms with Gasteiger partial charge in [0.25, 0.3) is 0 Å². The lowest BCUT2D eigenvalue weighted by Crippen LogP contribution is -2.39. The highest BCUT2D eigenvalue weighted by Gasteiger charge is 2.08. The summed E-state index contributed by atoms with van der Waals surface area (Å²) < 4.78 is 2.01. The van der Waals surface area contributed by atoms with Crippen molar-refractivity contribution in [3.8, 4) is 0 Å². The van der Waals surface area contributed by atoms with Crippen molar-refractivity contribution in [1.29, 1.82) is 0 Å². The molecule has 0 radical (unpaired) electrons. The lowest BCUT2D eigenvalue weighted by Gasteiger charge is -2.15. The average molecular weight is 306 g/mol. The summed E-state index contributed by atoms with van der Waals surface area (Å²) in [5.74, 6) is 2.15. The molecule has 0 saturated carbocycles. The lowest BCUT2D eigenvalue weighted by molar-refractivity contribution is 0.661. The van der Waals surface area contributed by atoms with Crippen LogP contribution in [0.15, 0.2) is 28.8 Å². The third-order valence-electron chi connectivity index (χ3n) is 3.28. The van der Waals surface area contributed by atoms with Gasteiger partial charge in [0.05, 0.1) is 6.54 Å². The van der Waals surface area contributed by atoms with Crippen LogP contribution in [-0.2, 0) is 13.1 Å². The molecule has 2 aromatic heterocycles. The molecule has 7 heteroatoms. The Kier molecular flexibility index (Phi) is 5.74. The van der Waals surface area contributed by atoms with Crippen molar-refractivity contribution < 1.29 is 0 Å². The molecular weight excluding hydrogens is 284 g/mol. The second kappa shape index (κ2) is 7.78. The third-order valence-corrected chi connectivity index (χ3v) is 4.38. The summed E-state index contributed by atoms with van der Waals surface area (Å²) in [5, 5.41) is 16.7. The van der Waals surface area contributed by atoms with Crippen LogP contribution in [0.5, 0.6) is 0 Å². The van der Waals surface area contributed by atoms with E-state index in [1.54, 1.807) is 24.7 Å². The molecule has 1 atom stereocenters. The van der Waals surface area contributed by atoms with Gasteiger partial charge in [0.15, 0.2) is 11.8 Å². The van der Waals surface area contributed by atoms with Crippen LogP contribution in [0.3, 0.4) is 0 Å². The van der Waals surface area contributed by atoms with Gasteiger partial charge >= 0.3 is 0 Å². The summed E-state index contributed by atoms with van der Waals surface area (Å²) >= 11 is 1.78. The van der Waals surface area contributed by atoms with Gasteiger partial charge in [-0.1, -0.05) is 13.0 Å². The molecule has 2 N–H and O–H groups in total. The number of thiophene rings is 1. The Morgan fingerprint density at radius 1 is 1.48 bits per heavy atom. The zero-order chi connectivity index (χ0) is 15.1. The highest BCUT2D eigenvalue weighted by atomic mass is 32.1. The fraction of sp³-hybridized carbons (Fsp3) is 0.500. The SMILES string of the molecule is CCn1cnnc1CNC(=NC)NCC(C)c1cccs1. The first-order valence-electron chi connectivity index (χ1n) is 7.09. The van der Waals surface area contributed by atoms with Crippen LogP contribution in [0.25, 0.3) is 0 Å². The second-order valence-corrected chi connectivity index (χ2v) is 5.74. The topological polar surface area (TPSA) is 67.1 Å². The Morgan fingerprint density at radius 2 is 2.33 bits per heavy atom. The van der Waals surface area contributed by atoms with Crippen molar-refractivity contribution in [1.82, 2.24) is 25.4 Å². The van der Waals surface area contributed by atoms with E-state index in [1.807, 2.05) is 4.57 Å². The number of aliphatic imine (C=N–C) groups is 1. The fourth-order valence-electron chi connectivity index (χ4n) is 1.99. The molecule has 0 aromatic carbocycles. The largest absolute Gasteiger partial charge is 0.356 e. The van der Waals surface area contributed by atoms with Crippen LogP contribution in [0.4, 0.5) is 0 Å². The zero-order valence-electron chi connectivity index (χ0n) is 12.7. The molecule has 0 aliphatic rings.